The molecule has 6 nitrogen and oxygen atoms in total. The molecule has 0 bridgehead atoms. The third-order valence-electron chi connectivity index (χ3n) is 5.35. The number of carboxylic acids is 1. The lowest BCUT2D eigenvalue weighted by Crippen LogP contribution is -2.22. The predicted octanol–water partition coefficient (Wildman–Crippen LogP) is 4.06. The van der Waals surface area contributed by atoms with Crippen molar-refractivity contribution in [3.05, 3.63) is 117 Å². The van der Waals surface area contributed by atoms with Crippen LogP contribution in [0.2, 0.25) is 0 Å². The summed E-state index contributed by atoms with van der Waals surface area (Å²) in [4.78, 5) is 39.0. The van der Waals surface area contributed by atoms with Crippen LogP contribution < -0.4 is 10.9 Å². The summed E-state index contributed by atoms with van der Waals surface area (Å²) < 4.78 is 0. The Bertz CT molecular complexity index is 1350. The van der Waals surface area contributed by atoms with Crippen LogP contribution in [0.15, 0.2) is 77.6 Å². The summed E-state index contributed by atoms with van der Waals surface area (Å²) in [6.45, 7) is 2.45. The number of hydrogen-bond acceptors (Lipinski definition) is 3. The number of fused-ring (bicyclic) bond motifs is 1. The molecule has 160 valence electrons. The average molecular weight is 426 g/mol. The highest BCUT2D eigenvalue weighted by Gasteiger charge is 2.10. The second-order valence-electron chi connectivity index (χ2n) is 7.77. The van der Waals surface area contributed by atoms with Crippen LogP contribution in [0, 0.1) is 6.92 Å². The van der Waals surface area contributed by atoms with Crippen molar-refractivity contribution in [1.29, 1.82) is 0 Å². The highest BCUT2D eigenvalue weighted by molar-refractivity contribution is 5.98. The summed E-state index contributed by atoms with van der Waals surface area (Å²) in [6, 6.07) is 21.3. The van der Waals surface area contributed by atoms with E-state index in [-0.39, 0.29) is 17.0 Å². The first-order chi connectivity index (χ1) is 15.4. The number of H-pyrrole nitrogens is 1. The summed E-state index contributed by atoms with van der Waals surface area (Å²) in [5, 5.41) is 12.7. The minimum atomic E-state index is -0.992. The minimum absolute atomic E-state index is 0.190. The van der Waals surface area contributed by atoms with Gasteiger partial charge in [0.1, 0.15) is 0 Å². The molecule has 0 aliphatic heterocycles. The molecule has 3 aromatic carbocycles. The third kappa shape index (κ3) is 4.75. The van der Waals surface area contributed by atoms with Gasteiger partial charge in [0.2, 0.25) is 0 Å². The number of nitrogens with one attached hydrogen (secondary N) is 2. The van der Waals surface area contributed by atoms with Crippen LogP contribution in [-0.2, 0) is 13.0 Å². The van der Waals surface area contributed by atoms with Crippen molar-refractivity contribution >= 4 is 22.8 Å². The first kappa shape index (κ1) is 21.1. The minimum Gasteiger partial charge on any atom is -0.478 e. The number of aromatic amines is 1. The number of aryl methyl sites for hydroxylation is 1. The zero-order chi connectivity index (χ0) is 22.7. The molecule has 4 aromatic rings. The molecular formula is C26H22N2O4. The van der Waals surface area contributed by atoms with Crippen molar-refractivity contribution in [1.82, 2.24) is 10.3 Å². The van der Waals surface area contributed by atoms with Gasteiger partial charge in [0.15, 0.2) is 0 Å². The maximum atomic E-state index is 12.6. The molecule has 1 amide bonds. The molecule has 0 radical (unpaired) electrons. The van der Waals surface area contributed by atoms with Gasteiger partial charge in [0, 0.05) is 29.6 Å². The Kier molecular flexibility index (Phi) is 5.85. The van der Waals surface area contributed by atoms with E-state index in [2.05, 4.69) is 10.3 Å². The van der Waals surface area contributed by atoms with Gasteiger partial charge in [-0.05, 0) is 59.8 Å². The maximum Gasteiger partial charge on any atom is 0.335 e. The zero-order valence-electron chi connectivity index (χ0n) is 17.5. The van der Waals surface area contributed by atoms with Gasteiger partial charge < -0.3 is 15.4 Å². The molecule has 3 N–H and O–H groups in total. The van der Waals surface area contributed by atoms with Crippen molar-refractivity contribution < 1.29 is 14.7 Å². The quantitative estimate of drug-likeness (QED) is 0.433. The standard InChI is InChI=1S/C26H22N2O4/c1-16-2-4-18(5-3-16)15-27-24(29)20-10-11-23-21(13-20)14-22(25(30)28-23)12-17-6-8-19(9-7-17)26(31)32/h2-11,13-14H,12,15H2,1H3,(H,27,29)(H,28,30)(H,31,32). The molecule has 6 heteroatoms. The summed E-state index contributed by atoms with van der Waals surface area (Å²) in [7, 11) is 0. The number of carboxylic acid groups (broad SMARTS) is 1. The number of pyridine rings is 1. The van der Waals surface area contributed by atoms with Crippen LogP contribution in [0.5, 0.6) is 0 Å². The molecule has 0 fully saturated rings. The van der Waals surface area contributed by atoms with Gasteiger partial charge in [0.05, 0.1) is 5.56 Å². The van der Waals surface area contributed by atoms with E-state index in [0.29, 0.717) is 29.6 Å². The highest BCUT2D eigenvalue weighted by Crippen LogP contribution is 2.16. The van der Waals surface area contributed by atoms with Crippen molar-refractivity contribution in [2.45, 2.75) is 19.9 Å². The fourth-order valence-corrected chi connectivity index (χ4v) is 3.50. The Morgan fingerprint density at radius 3 is 2.22 bits per heavy atom. The average Bonchev–Trinajstić information content (AvgIpc) is 2.79. The Morgan fingerprint density at radius 1 is 0.875 bits per heavy atom. The molecule has 32 heavy (non-hydrogen) atoms. The molecule has 1 aromatic heterocycles. The van der Waals surface area contributed by atoms with E-state index in [0.717, 1.165) is 22.1 Å². The Labute approximate surface area is 184 Å². The summed E-state index contributed by atoms with van der Waals surface area (Å²) >= 11 is 0. The van der Waals surface area contributed by atoms with Crippen LogP contribution >= 0.6 is 0 Å². The second-order valence-corrected chi connectivity index (χ2v) is 7.77. The van der Waals surface area contributed by atoms with Gasteiger partial charge in [-0.1, -0.05) is 42.0 Å². The van der Waals surface area contributed by atoms with Crippen LogP contribution in [0.3, 0.4) is 0 Å². The van der Waals surface area contributed by atoms with E-state index in [1.807, 2.05) is 31.2 Å². The number of aromatic nitrogens is 1. The lowest BCUT2D eigenvalue weighted by atomic mass is 10.0. The number of rotatable bonds is 6. The molecule has 0 saturated carbocycles. The largest absolute Gasteiger partial charge is 0.478 e. The molecule has 0 saturated heterocycles. The molecule has 0 aliphatic rings. The number of benzene rings is 3. The van der Waals surface area contributed by atoms with Crippen LogP contribution in [0.1, 0.15) is 43.0 Å². The summed E-state index contributed by atoms with van der Waals surface area (Å²) in [5.41, 5.74) is 4.69. The molecule has 0 aliphatic carbocycles. The van der Waals surface area contributed by atoms with E-state index in [1.165, 1.54) is 12.1 Å². The van der Waals surface area contributed by atoms with Gasteiger partial charge in [-0.25, -0.2) is 4.79 Å². The summed E-state index contributed by atoms with van der Waals surface area (Å²) in [5.74, 6) is -1.18. The number of carbonyl (C=O) groups excluding carboxylic acids is 1. The van der Waals surface area contributed by atoms with Gasteiger partial charge >= 0.3 is 5.97 Å². The Morgan fingerprint density at radius 2 is 1.53 bits per heavy atom. The molecule has 0 spiro atoms. The van der Waals surface area contributed by atoms with Crippen molar-refractivity contribution in [2.75, 3.05) is 0 Å². The normalized spacial score (nSPS) is 10.8. The van der Waals surface area contributed by atoms with E-state index in [1.54, 1.807) is 36.4 Å². The Hall–Kier alpha value is -4.19. The van der Waals surface area contributed by atoms with Crippen LogP contribution in [0.25, 0.3) is 10.9 Å². The lowest BCUT2D eigenvalue weighted by molar-refractivity contribution is 0.0696. The fourth-order valence-electron chi connectivity index (χ4n) is 3.50. The van der Waals surface area contributed by atoms with Gasteiger partial charge in [-0.2, -0.15) is 0 Å². The molecular weight excluding hydrogens is 404 g/mol. The van der Waals surface area contributed by atoms with Crippen molar-refractivity contribution in [2.24, 2.45) is 0 Å². The van der Waals surface area contributed by atoms with E-state index in [9.17, 15) is 14.4 Å². The number of aromatic carboxylic acids is 1. The van der Waals surface area contributed by atoms with Gasteiger partial charge in [-0.3, -0.25) is 9.59 Å². The highest BCUT2D eigenvalue weighted by atomic mass is 16.4. The zero-order valence-corrected chi connectivity index (χ0v) is 17.5. The summed E-state index contributed by atoms with van der Waals surface area (Å²) in [6.07, 6.45) is 0.356. The molecule has 1 heterocycles. The molecule has 0 atom stereocenters. The maximum absolute atomic E-state index is 12.6. The van der Waals surface area contributed by atoms with Gasteiger partial charge in [0.25, 0.3) is 11.5 Å². The molecule has 0 unspecified atom stereocenters. The van der Waals surface area contributed by atoms with Crippen molar-refractivity contribution in [3.8, 4) is 0 Å². The van der Waals surface area contributed by atoms with E-state index >= 15 is 0 Å². The fraction of sp³-hybridized carbons (Fsp3) is 0.115. The van der Waals surface area contributed by atoms with Crippen LogP contribution in [-0.4, -0.2) is 22.0 Å². The number of carbonyl (C=O) groups is 2. The monoisotopic (exact) mass is 426 g/mol. The number of amides is 1. The third-order valence-corrected chi connectivity index (χ3v) is 5.35. The predicted molar refractivity (Wildman–Crippen MR) is 123 cm³/mol. The number of hydrogen-bond donors (Lipinski definition) is 3. The topological polar surface area (TPSA) is 99.3 Å². The first-order valence-electron chi connectivity index (χ1n) is 10.2. The van der Waals surface area contributed by atoms with E-state index < -0.39 is 5.97 Å². The first-order valence-corrected chi connectivity index (χ1v) is 10.2. The smallest absolute Gasteiger partial charge is 0.335 e. The van der Waals surface area contributed by atoms with Crippen molar-refractivity contribution in [3.63, 3.8) is 0 Å². The van der Waals surface area contributed by atoms with E-state index in [4.69, 9.17) is 5.11 Å². The Balaban J connectivity index is 1.54. The lowest BCUT2D eigenvalue weighted by Gasteiger charge is -2.08. The van der Waals surface area contributed by atoms with Gasteiger partial charge in [-0.15, -0.1) is 0 Å². The second kappa shape index (κ2) is 8.89. The molecule has 4 rings (SSSR count). The SMILES string of the molecule is Cc1ccc(CNC(=O)c2ccc3[nH]c(=O)c(Cc4ccc(C(=O)O)cc4)cc3c2)cc1. The van der Waals surface area contributed by atoms with Crippen LogP contribution in [0.4, 0.5) is 0 Å².